The summed E-state index contributed by atoms with van der Waals surface area (Å²) < 4.78 is 25.2. The number of rotatable bonds is 5. The van der Waals surface area contributed by atoms with Crippen LogP contribution in [0.2, 0.25) is 0 Å². The summed E-state index contributed by atoms with van der Waals surface area (Å²) in [6.45, 7) is 4.64. The average Bonchev–Trinajstić information content (AvgIpc) is 3.11. The van der Waals surface area contributed by atoms with Crippen molar-refractivity contribution in [3.8, 4) is 5.82 Å². The van der Waals surface area contributed by atoms with E-state index in [-0.39, 0.29) is 23.5 Å². The molecule has 0 aliphatic carbocycles. The SMILES string of the molecule is CC(C)c1nc(CN(C)C2CCS(=O)(=O)C2)n(-c2ccccn2)n1. The van der Waals surface area contributed by atoms with Crippen LogP contribution in [-0.4, -0.2) is 57.7 Å². The van der Waals surface area contributed by atoms with Crippen molar-refractivity contribution in [2.24, 2.45) is 0 Å². The van der Waals surface area contributed by atoms with Crippen molar-refractivity contribution in [3.63, 3.8) is 0 Å². The van der Waals surface area contributed by atoms with Gasteiger partial charge in [-0.05, 0) is 25.6 Å². The standard InChI is InChI=1S/C16H23N5O2S/c1-12(2)16-18-15(21(19-16)14-6-4-5-8-17-14)10-20(3)13-7-9-24(22,23)11-13/h4-6,8,12-13H,7,9-11H2,1-3H3. The maximum atomic E-state index is 11.7. The average molecular weight is 349 g/mol. The first-order valence-electron chi connectivity index (χ1n) is 8.13. The van der Waals surface area contributed by atoms with Gasteiger partial charge in [-0.2, -0.15) is 4.68 Å². The van der Waals surface area contributed by atoms with E-state index in [0.717, 1.165) is 17.5 Å². The van der Waals surface area contributed by atoms with Gasteiger partial charge in [0.05, 0.1) is 18.1 Å². The van der Waals surface area contributed by atoms with E-state index in [2.05, 4.69) is 33.8 Å². The molecule has 130 valence electrons. The summed E-state index contributed by atoms with van der Waals surface area (Å²) in [6, 6.07) is 5.70. The lowest BCUT2D eigenvalue weighted by atomic mass is 10.2. The fourth-order valence-corrected chi connectivity index (χ4v) is 4.65. The van der Waals surface area contributed by atoms with Crippen LogP contribution < -0.4 is 0 Å². The Morgan fingerprint density at radius 2 is 2.17 bits per heavy atom. The minimum absolute atomic E-state index is 0.0337. The summed E-state index contributed by atoms with van der Waals surface area (Å²) in [7, 11) is -0.958. The van der Waals surface area contributed by atoms with E-state index < -0.39 is 9.84 Å². The molecule has 1 fully saturated rings. The second-order valence-corrected chi connectivity index (χ2v) is 8.84. The number of hydrogen-bond donors (Lipinski definition) is 0. The van der Waals surface area contributed by atoms with Gasteiger partial charge in [0.2, 0.25) is 0 Å². The van der Waals surface area contributed by atoms with Crippen molar-refractivity contribution in [2.75, 3.05) is 18.6 Å². The third-order valence-corrected chi connectivity index (χ3v) is 6.05. The molecule has 0 radical (unpaired) electrons. The van der Waals surface area contributed by atoms with Crippen molar-refractivity contribution in [1.29, 1.82) is 0 Å². The molecule has 0 aromatic carbocycles. The van der Waals surface area contributed by atoms with Crippen LogP contribution in [0.15, 0.2) is 24.4 Å². The largest absolute Gasteiger partial charge is 0.295 e. The molecule has 3 heterocycles. The quantitative estimate of drug-likeness (QED) is 0.812. The Morgan fingerprint density at radius 1 is 1.38 bits per heavy atom. The highest BCUT2D eigenvalue weighted by Gasteiger charge is 2.31. The van der Waals surface area contributed by atoms with Crippen LogP contribution in [0, 0.1) is 0 Å². The lowest BCUT2D eigenvalue weighted by molar-refractivity contribution is 0.246. The highest BCUT2D eigenvalue weighted by Crippen LogP contribution is 2.20. The highest BCUT2D eigenvalue weighted by molar-refractivity contribution is 7.91. The maximum absolute atomic E-state index is 11.7. The van der Waals surface area contributed by atoms with Gasteiger partial charge in [-0.1, -0.05) is 19.9 Å². The summed E-state index contributed by atoms with van der Waals surface area (Å²) >= 11 is 0. The van der Waals surface area contributed by atoms with Gasteiger partial charge in [0.15, 0.2) is 21.5 Å². The Labute approximate surface area is 142 Å². The molecular formula is C16H23N5O2S. The van der Waals surface area contributed by atoms with Gasteiger partial charge in [-0.15, -0.1) is 5.10 Å². The third kappa shape index (κ3) is 3.64. The van der Waals surface area contributed by atoms with E-state index in [1.165, 1.54) is 0 Å². The van der Waals surface area contributed by atoms with Crippen molar-refractivity contribution < 1.29 is 8.42 Å². The van der Waals surface area contributed by atoms with Crippen molar-refractivity contribution >= 4 is 9.84 Å². The molecule has 1 aliphatic heterocycles. The molecule has 2 aromatic rings. The van der Waals surface area contributed by atoms with E-state index in [1.54, 1.807) is 10.9 Å². The second kappa shape index (κ2) is 6.60. The molecule has 1 saturated heterocycles. The predicted octanol–water partition coefficient (Wildman–Crippen LogP) is 1.40. The number of sulfone groups is 1. The second-order valence-electron chi connectivity index (χ2n) is 6.61. The molecule has 1 atom stereocenters. The van der Waals surface area contributed by atoms with E-state index in [9.17, 15) is 8.42 Å². The molecular weight excluding hydrogens is 326 g/mol. The molecule has 0 saturated carbocycles. The molecule has 0 spiro atoms. The van der Waals surface area contributed by atoms with Gasteiger partial charge in [0.1, 0.15) is 5.82 Å². The van der Waals surface area contributed by atoms with Gasteiger partial charge in [0.25, 0.3) is 0 Å². The predicted molar refractivity (Wildman–Crippen MR) is 91.8 cm³/mol. The molecule has 3 rings (SSSR count). The molecule has 1 aliphatic rings. The number of aromatic nitrogens is 4. The minimum Gasteiger partial charge on any atom is -0.295 e. The van der Waals surface area contributed by atoms with Crippen LogP contribution in [0.4, 0.5) is 0 Å². The topological polar surface area (TPSA) is 81.0 Å². The van der Waals surface area contributed by atoms with E-state index in [1.807, 2.05) is 25.2 Å². The third-order valence-electron chi connectivity index (χ3n) is 4.30. The summed E-state index contributed by atoms with van der Waals surface area (Å²) in [5, 5.41) is 4.59. The summed E-state index contributed by atoms with van der Waals surface area (Å²) in [6.07, 6.45) is 2.40. The maximum Gasteiger partial charge on any atom is 0.155 e. The van der Waals surface area contributed by atoms with Crippen LogP contribution in [0.5, 0.6) is 0 Å². The first-order chi connectivity index (χ1) is 11.4. The summed E-state index contributed by atoms with van der Waals surface area (Å²) in [4.78, 5) is 11.1. The van der Waals surface area contributed by atoms with Gasteiger partial charge >= 0.3 is 0 Å². The number of pyridine rings is 1. The fourth-order valence-electron chi connectivity index (χ4n) is 2.85. The van der Waals surface area contributed by atoms with E-state index in [0.29, 0.717) is 13.0 Å². The first kappa shape index (κ1) is 17.0. The van der Waals surface area contributed by atoms with Gasteiger partial charge in [-0.25, -0.2) is 18.4 Å². The van der Waals surface area contributed by atoms with Gasteiger partial charge in [-0.3, -0.25) is 4.90 Å². The Bertz CT molecular complexity index is 801. The molecule has 1 unspecified atom stereocenters. The molecule has 24 heavy (non-hydrogen) atoms. The van der Waals surface area contributed by atoms with E-state index >= 15 is 0 Å². The van der Waals surface area contributed by atoms with E-state index in [4.69, 9.17) is 0 Å². The minimum atomic E-state index is -2.90. The number of hydrogen-bond acceptors (Lipinski definition) is 6. The zero-order valence-electron chi connectivity index (χ0n) is 14.3. The van der Waals surface area contributed by atoms with Crippen LogP contribution >= 0.6 is 0 Å². The Hall–Kier alpha value is -1.80. The fraction of sp³-hybridized carbons (Fsp3) is 0.562. The zero-order valence-corrected chi connectivity index (χ0v) is 15.1. The molecule has 7 nitrogen and oxygen atoms in total. The lowest BCUT2D eigenvalue weighted by Gasteiger charge is -2.22. The van der Waals surface area contributed by atoms with Gasteiger partial charge in [0, 0.05) is 18.2 Å². The molecule has 0 amide bonds. The Kier molecular flexibility index (Phi) is 4.69. The summed E-state index contributed by atoms with van der Waals surface area (Å²) in [5.41, 5.74) is 0. The van der Waals surface area contributed by atoms with Gasteiger partial charge < -0.3 is 0 Å². The molecule has 0 bridgehead atoms. The van der Waals surface area contributed by atoms with Crippen molar-refractivity contribution in [2.45, 2.75) is 38.8 Å². The first-order valence-corrected chi connectivity index (χ1v) is 9.96. The Balaban J connectivity index is 1.87. The zero-order chi connectivity index (χ0) is 17.3. The van der Waals surface area contributed by atoms with Crippen LogP contribution in [0.25, 0.3) is 5.82 Å². The molecule has 2 aromatic heterocycles. The molecule has 8 heteroatoms. The Morgan fingerprint density at radius 3 is 2.75 bits per heavy atom. The number of nitrogens with zero attached hydrogens (tertiary/aromatic N) is 5. The van der Waals surface area contributed by atoms with Crippen LogP contribution in [0.3, 0.4) is 0 Å². The monoisotopic (exact) mass is 349 g/mol. The smallest absolute Gasteiger partial charge is 0.155 e. The normalized spacial score (nSPS) is 20.1. The van der Waals surface area contributed by atoms with Crippen molar-refractivity contribution in [3.05, 3.63) is 36.0 Å². The highest BCUT2D eigenvalue weighted by atomic mass is 32.2. The summed E-state index contributed by atoms with van der Waals surface area (Å²) in [5.74, 6) is 2.97. The van der Waals surface area contributed by atoms with Crippen LogP contribution in [-0.2, 0) is 16.4 Å². The molecule has 0 N–H and O–H groups in total. The van der Waals surface area contributed by atoms with Crippen LogP contribution in [0.1, 0.15) is 37.8 Å². The van der Waals surface area contributed by atoms with Crippen molar-refractivity contribution in [1.82, 2.24) is 24.6 Å². The lowest BCUT2D eigenvalue weighted by Crippen LogP contribution is -2.33.